The molecule has 2 heterocycles. The van der Waals surface area contributed by atoms with Crippen molar-refractivity contribution in [2.75, 3.05) is 26.7 Å². The average Bonchev–Trinajstić information content (AvgIpc) is 3.03. The van der Waals surface area contributed by atoms with E-state index in [9.17, 15) is 9.59 Å². The third-order valence-electron chi connectivity index (χ3n) is 4.71. The molecule has 0 aromatic carbocycles. The van der Waals surface area contributed by atoms with Gasteiger partial charge in [0.25, 0.3) is 0 Å². The summed E-state index contributed by atoms with van der Waals surface area (Å²) in [5.74, 6) is -0.0736. The van der Waals surface area contributed by atoms with Crippen LogP contribution in [0.4, 0.5) is 4.79 Å². The summed E-state index contributed by atoms with van der Waals surface area (Å²) in [6, 6.07) is 2.72. The summed E-state index contributed by atoms with van der Waals surface area (Å²) in [6.07, 6.45) is 7.78. The van der Waals surface area contributed by atoms with Gasteiger partial charge in [0.1, 0.15) is 5.60 Å². The Morgan fingerprint density at radius 1 is 1.25 bits per heavy atom. The molecule has 1 aliphatic rings. The molecular weight excluding hydrogens is 356 g/mol. The van der Waals surface area contributed by atoms with Gasteiger partial charge in [0.2, 0.25) is 5.91 Å². The number of aryl methyl sites for hydroxylation is 1. The van der Waals surface area contributed by atoms with E-state index < -0.39 is 11.7 Å². The van der Waals surface area contributed by atoms with Crippen LogP contribution in [-0.2, 0) is 16.0 Å². The molecule has 0 aliphatic carbocycles. The first-order valence-electron chi connectivity index (χ1n) is 10.1. The van der Waals surface area contributed by atoms with Crippen LogP contribution in [0.2, 0.25) is 0 Å². The number of ether oxygens (including phenoxy) is 1. The highest BCUT2D eigenvalue weighted by Crippen LogP contribution is 2.30. The molecular formula is C21H34N4O3. The predicted molar refractivity (Wildman–Crippen MR) is 109 cm³/mol. The topological polar surface area (TPSA) is 83.6 Å². The zero-order valence-electron chi connectivity index (χ0n) is 17.6. The molecule has 2 N–H and O–H groups in total. The number of carbonyl (C=O) groups excluding carboxylic acids is 2. The van der Waals surface area contributed by atoms with E-state index in [4.69, 9.17) is 4.74 Å². The fourth-order valence-corrected chi connectivity index (χ4v) is 3.36. The molecule has 156 valence electrons. The van der Waals surface area contributed by atoms with Gasteiger partial charge in [-0.15, -0.1) is 0 Å². The van der Waals surface area contributed by atoms with Gasteiger partial charge in [-0.3, -0.25) is 14.7 Å². The zero-order valence-corrected chi connectivity index (χ0v) is 17.6. The van der Waals surface area contributed by atoms with Crippen LogP contribution < -0.4 is 10.6 Å². The molecule has 0 unspecified atom stereocenters. The third kappa shape index (κ3) is 7.84. The maximum Gasteiger partial charge on any atom is 0.407 e. The molecule has 1 aliphatic heterocycles. The fourth-order valence-electron chi connectivity index (χ4n) is 3.36. The summed E-state index contributed by atoms with van der Waals surface area (Å²) in [5, 5.41) is 5.48. The van der Waals surface area contributed by atoms with E-state index in [0.717, 1.165) is 19.4 Å². The predicted octanol–water partition coefficient (Wildman–Crippen LogP) is 2.81. The van der Waals surface area contributed by atoms with Gasteiger partial charge in [0, 0.05) is 37.9 Å². The highest BCUT2D eigenvalue weighted by Gasteiger charge is 2.22. The largest absolute Gasteiger partial charge is 0.444 e. The molecule has 28 heavy (non-hydrogen) atoms. The second-order valence-corrected chi connectivity index (χ2v) is 8.40. The van der Waals surface area contributed by atoms with E-state index in [-0.39, 0.29) is 18.9 Å². The summed E-state index contributed by atoms with van der Waals surface area (Å²) in [4.78, 5) is 30.2. The van der Waals surface area contributed by atoms with E-state index >= 15 is 0 Å². The molecule has 1 fully saturated rings. The van der Waals surface area contributed by atoms with E-state index in [1.54, 1.807) is 20.8 Å². The summed E-state index contributed by atoms with van der Waals surface area (Å²) in [5.41, 5.74) is 1.96. The SMILES string of the molecule is CN1CCC[C@H]1c1cncc(CCCNC(=O)CCNC(=O)OC(C)(C)C)c1. The van der Waals surface area contributed by atoms with Crippen molar-refractivity contribution in [2.24, 2.45) is 0 Å². The van der Waals surface area contributed by atoms with Gasteiger partial charge in [-0.1, -0.05) is 6.07 Å². The Morgan fingerprint density at radius 2 is 2.04 bits per heavy atom. The minimum absolute atomic E-state index is 0.0736. The van der Waals surface area contributed by atoms with Gasteiger partial charge in [-0.25, -0.2) is 4.79 Å². The zero-order chi connectivity index (χ0) is 20.6. The first-order valence-corrected chi connectivity index (χ1v) is 10.1. The van der Waals surface area contributed by atoms with E-state index in [2.05, 4.69) is 33.6 Å². The summed E-state index contributed by atoms with van der Waals surface area (Å²) in [6.45, 7) is 7.42. The molecule has 7 heteroatoms. The Labute approximate surface area is 168 Å². The molecule has 1 aromatic rings. The van der Waals surface area contributed by atoms with Gasteiger partial charge in [-0.2, -0.15) is 0 Å². The van der Waals surface area contributed by atoms with Gasteiger partial charge >= 0.3 is 6.09 Å². The highest BCUT2D eigenvalue weighted by molar-refractivity contribution is 5.77. The lowest BCUT2D eigenvalue weighted by atomic mass is 10.0. The van der Waals surface area contributed by atoms with Crippen LogP contribution in [0.15, 0.2) is 18.5 Å². The van der Waals surface area contributed by atoms with Crippen LogP contribution in [0.25, 0.3) is 0 Å². The molecule has 0 radical (unpaired) electrons. The number of hydrogen-bond acceptors (Lipinski definition) is 5. The third-order valence-corrected chi connectivity index (χ3v) is 4.71. The smallest absolute Gasteiger partial charge is 0.407 e. The van der Waals surface area contributed by atoms with Gasteiger partial charge in [-0.05, 0) is 71.2 Å². The molecule has 2 amide bonds. The number of pyridine rings is 1. The van der Waals surface area contributed by atoms with Gasteiger partial charge < -0.3 is 15.4 Å². The lowest BCUT2D eigenvalue weighted by Gasteiger charge is -2.20. The summed E-state index contributed by atoms with van der Waals surface area (Å²) < 4.78 is 5.13. The molecule has 0 spiro atoms. The molecule has 1 aromatic heterocycles. The molecule has 0 bridgehead atoms. The first-order chi connectivity index (χ1) is 13.2. The quantitative estimate of drug-likeness (QED) is 0.667. The summed E-state index contributed by atoms with van der Waals surface area (Å²) >= 11 is 0. The van der Waals surface area contributed by atoms with Crippen LogP contribution in [0.1, 0.15) is 63.6 Å². The second kappa shape index (κ2) is 10.4. The van der Waals surface area contributed by atoms with Crippen molar-refractivity contribution in [2.45, 2.75) is 64.5 Å². The van der Waals surface area contributed by atoms with Crippen molar-refractivity contribution in [1.82, 2.24) is 20.5 Å². The van der Waals surface area contributed by atoms with Crippen LogP contribution in [-0.4, -0.2) is 54.2 Å². The molecule has 0 saturated carbocycles. The van der Waals surface area contributed by atoms with Crippen molar-refractivity contribution in [1.29, 1.82) is 0 Å². The van der Waals surface area contributed by atoms with Crippen molar-refractivity contribution in [3.05, 3.63) is 29.6 Å². The molecule has 7 nitrogen and oxygen atoms in total. The number of likely N-dealkylation sites (tertiary alicyclic amines) is 1. The van der Waals surface area contributed by atoms with E-state index in [1.165, 1.54) is 24.0 Å². The van der Waals surface area contributed by atoms with Crippen molar-refractivity contribution >= 4 is 12.0 Å². The van der Waals surface area contributed by atoms with Crippen LogP contribution in [0.3, 0.4) is 0 Å². The Hall–Kier alpha value is -2.15. The van der Waals surface area contributed by atoms with Crippen molar-refractivity contribution < 1.29 is 14.3 Å². The lowest BCUT2D eigenvalue weighted by Crippen LogP contribution is -2.35. The van der Waals surface area contributed by atoms with Crippen molar-refractivity contribution in [3.63, 3.8) is 0 Å². The molecule has 1 saturated heterocycles. The Balaban J connectivity index is 1.62. The normalized spacial score (nSPS) is 17.4. The second-order valence-electron chi connectivity index (χ2n) is 8.40. The molecule has 1 atom stereocenters. The Kier molecular flexibility index (Phi) is 8.23. The van der Waals surface area contributed by atoms with E-state index in [1.807, 2.05) is 12.4 Å². The lowest BCUT2D eigenvalue weighted by molar-refractivity contribution is -0.120. The van der Waals surface area contributed by atoms with Crippen LogP contribution in [0, 0.1) is 0 Å². The maximum atomic E-state index is 11.9. The first kappa shape index (κ1) is 22.1. The number of hydrogen-bond donors (Lipinski definition) is 2. The number of nitrogens with zero attached hydrogens (tertiary/aromatic N) is 2. The number of carbonyl (C=O) groups is 2. The molecule has 2 rings (SSSR count). The minimum Gasteiger partial charge on any atom is -0.444 e. The Morgan fingerprint density at radius 3 is 2.71 bits per heavy atom. The average molecular weight is 391 g/mol. The number of rotatable bonds is 8. The number of aromatic nitrogens is 1. The van der Waals surface area contributed by atoms with Crippen molar-refractivity contribution in [3.8, 4) is 0 Å². The van der Waals surface area contributed by atoms with Gasteiger partial charge in [0.05, 0.1) is 0 Å². The number of nitrogens with one attached hydrogen (secondary N) is 2. The minimum atomic E-state index is -0.536. The van der Waals surface area contributed by atoms with E-state index in [0.29, 0.717) is 12.6 Å². The van der Waals surface area contributed by atoms with Crippen LogP contribution >= 0.6 is 0 Å². The standard InChI is InChI=1S/C21H34N4O3/c1-21(2,3)28-20(27)24-11-9-19(26)23-10-5-7-16-13-17(15-22-14-16)18-8-6-12-25(18)4/h13-15,18H,5-12H2,1-4H3,(H,23,26)(H,24,27)/t18-/m0/s1. The summed E-state index contributed by atoms with van der Waals surface area (Å²) in [7, 11) is 2.16. The number of alkyl carbamates (subject to hydrolysis) is 1. The monoisotopic (exact) mass is 390 g/mol. The van der Waals surface area contributed by atoms with Gasteiger partial charge in [0.15, 0.2) is 0 Å². The highest BCUT2D eigenvalue weighted by atomic mass is 16.6. The fraction of sp³-hybridized carbons (Fsp3) is 0.667. The number of amides is 2. The maximum absolute atomic E-state index is 11.9. The Bertz CT molecular complexity index is 657. The van der Waals surface area contributed by atoms with Crippen LogP contribution in [0.5, 0.6) is 0 Å².